The molecule has 2 aliphatic heterocycles. The van der Waals surface area contributed by atoms with Gasteiger partial charge in [0.25, 0.3) is 11.8 Å². The molecule has 174 valence electrons. The van der Waals surface area contributed by atoms with Gasteiger partial charge in [-0.2, -0.15) is 0 Å². The topological polar surface area (TPSA) is 194 Å². The molecule has 0 aliphatic carbocycles. The van der Waals surface area contributed by atoms with Gasteiger partial charge in [0, 0.05) is 23.9 Å². The van der Waals surface area contributed by atoms with Gasteiger partial charge in [0.1, 0.15) is 24.2 Å². The van der Waals surface area contributed by atoms with Crippen molar-refractivity contribution in [1.82, 2.24) is 35.4 Å². The summed E-state index contributed by atoms with van der Waals surface area (Å²) in [5.74, 6) is -2.16. The third-order valence-corrected chi connectivity index (χ3v) is 7.76. The number of tetrazole rings is 1. The number of carboxylic acid groups (broad SMARTS) is 1. The average molecular weight is 534 g/mol. The number of nitrogen functional groups attached to an aromatic ring is 1. The summed E-state index contributed by atoms with van der Waals surface area (Å²) in [6, 6.07) is -0.952. The van der Waals surface area contributed by atoms with Crippen LogP contribution in [-0.2, 0) is 26.3 Å². The van der Waals surface area contributed by atoms with E-state index >= 15 is 0 Å². The summed E-state index contributed by atoms with van der Waals surface area (Å²) in [7, 11) is 2.93. The molecule has 2 aromatic rings. The number of carboxylic acids is 1. The number of fused-ring (bicyclic) bond motifs is 1. The minimum atomic E-state index is -1.47. The number of amides is 2. The van der Waals surface area contributed by atoms with E-state index in [0.717, 1.165) is 16.2 Å². The van der Waals surface area contributed by atoms with E-state index in [1.54, 1.807) is 7.05 Å². The number of nitrogens with zero attached hydrogens (tertiary/aromatic N) is 7. The maximum atomic E-state index is 12.8. The van der Waals surface area contributed by atoms with Crippen molar-refractivity contribution in [2.75, 3.05) is 24.3 Å². The monoisotopic (exact) mass is 533 g/mol. The van der Waals surface area contributed by atoms with Gasteiger partial charge in [-0.15, -0.1) is 28.2 Å². The largest absolute Gasteiger partial charge is 1.00 e. The molecule has 34 heavy (non-hydrogen) atoms. The van der Waals surface area contributed by atoms with Crippen LogP contribution in [-0.4, -0.2) is 83.6 Å². The molecule has 3 N–H and O–H groups in total. The zero-order valence-electron chi connectivity index (χ0n) is 18.1. The first kappa shape index (κ1) is 26.4. The first-order valence-electron chi connectivity index (χ1n) is 9.18. The summed E-state index contributed by atoms with van der Waals surface area (Å²) in [5, 5.41) is 30.9. The standard InChI is InChI=1S/C16H17N9O5S3.Na/c1-24-16(20-22-23-24)33-4-6-3-31-13-9(12(27)25(13)10(6)14(28)29)19-11(26)8(21-30-2)7-5-32-15(17)18-7;/h5,9,13H,3-4H2,1-2H3,(H2,17,18)(H,19,26)(H,28,29);/q;+1/p-1/t9-,13+;/m1./s1. The number of anilines is 1. The molecule has 4 heterocycles. The molecule has 1 saturated heterocycles. The summed E-state index contributed by atoms with van der Waals surface area (Å²) in [4.78, 5) is 47.3. The van der Waals surface area contributed by atoms with E-state index in [2.05, 4.69) is 31.0 Å². The number of carbonyl (C=O) groups is 3. The Labute approximate surface area is 227 Å². The Morgan fingerprint density at radius 2 is 2.24 bits per heavy atom. The zero-order valence-corrected chi connectivity index (χ0v) is 22.6. The summed E-state index contributed by atoms with van der Waals surface area (Å²) >= 11 is 3.69. The van der Waals surface area contributed by atoms with Crippen LogP contribution in [0.15, 0.2) is 27.0 Å². The number of rotatable bonds is 8. The van der Waals surface area contributed by atoms with Crippen LogP contribution in [0, 0.1) is 0 Å². The zero-order chi connectivity index (χ0) is 23.7. The van der Waals surface area contributed by atoms with Crippen molar-refractivity contribution in [1.29, 1.82) is 0 Å². The Kier molecular flexibility index (Phi) is 8.58. The quantitative estimate of drug-likeness (QED) is 0.108. The Balaban J connectivity index is 0.00000324. The molecule has 2 amide bonds. The second kappa shape index (κ2) is 11.0. The number of aliphatic carboxylic acids is 1. The van der Waals surface area contributed by atoms with Crippen molar-refractivity contribution in [3.05, 3.63) is 22.3 Å². The van der Waals surface area contributed by atoms with Gasteiger partial charge in [-0.25, -0.2) is 9.67 Å². The summed E-state index contributed by atoms with van der Waals surface area (Å²) in [6.07, 6.45) is 0. The maximum Gasteiger partial charge on any atom is 1.00 e. The smallest absolute Gasteiger partial charge is 0.543 e. The van der Waals surface area contributed by atoms with Crippen molar-refractivity contribution in [2.45, 2.75) is 16.6 Å². The number of nitrogens with one attached hydrogen (secondary N) is 1. The van der Waals surface area contributed by atoms with Gasteiger partial charge < -0.3 is 25.8 Å². The van der Waals surface area contributed by atoms with Gasteiger partial charge in [0.15, 0.2) is 10.8 Å². The molecule has 1 fully saturated rings. The summed E-state index contributed by atoms with van der Waals surface area (Å²) in [5.41, 5.74) is 5.97. The Morgan fingerprint density at radius 3 is 2.82 bits per heavy atom. The van der Waals surface area contributed by atoms with Gasteiger partial charge in [-0.3, -0.25) is 14.5 Å². The van der Waals surface area contributed by atoms with E-state index in [1.165, 1.54) is 40.7 Å². The molecule has 0 unspecified atom stereocenters. The number of nitrogens with two attached hydrogens (primary N) is 1. The number of oxime groups is 1. The maximum absolute atomic E-state index is 12.8. The fourth-order valence-electron chi connectivity index (χ4n) is 3.18. The molecule has 0 bridgehead atoms. The third-order valence-electron chi connectivity index (χ3n) is 4.65. The van der Waals surface area contributed by atoms with Crippen LogP contribution in [0.2, 0.25) is 0 Å². The molecular formula is C16H16N9NaO5S3. The number of aromatic nitrogens is 5. The van der Waals surface area contributed by atoms with Gasteiger partial charge in [-0.1, -0.05) is 16.9 Å². The second-order valence-corrected chi connectivity index (χ2v) is 9.60. The first-order valence-corrected chi connectivity index (χ1v) is 12.1. The molecule has 4 rings (SSSR count). The van der Waals surface area contributed by atoms with Crippen molar-refractivity contribution >= 4 is 63.5 Å². The fraction of sp³-hybridized carbons (Fsp3) is 0.375. The molecule has 0 radical (unpaired) electrons. The number of hydrogen-bond acceptors (Lipinski definition) is 14. The molecule has 14 nitrogen and oxygen atoms in total. The minimum absolute atomic E-state index is 0. The SMILES string of the molecule is CON=C(C(=O)N[C@@H]1C(=O)N2C(C(=O)[O-])=C(CSc3nnnn3C)CS[C@@H]12)c1csc(N)n1.[Na+]. The summed E-state index contributed by atoms with van der Waals surface area (Å²) < 4.78 is 1.46. The number of β-lactam (4-membered cyclic amide) rings is 1. The summed E-state index contributed by atoms with van der Waals surface area (Å²) in [6.45, 7) is 0. The Hall–Kier alpha value is -2.18. The molecule has 2 aromatic heterocycles. The number of aryl methyl sites for hydroxylation is 1. The van der Waals surface area contributed by atoms with Gasteiger partial charge in [0.2, 0.25) is 5.16 Å². The van der Waals surface area contributed by atoms with Gasteiger partial charge >= 0.3 is 29.6 Å². The molecule has 0 saturated carbocycles. The van der Waals surface area contributed by atoms with Crippen molar-refractivity contribution in [2.24, 2.45) is 12.2 Å². The van der Waals surface area contributed by atoms with Gasteiger partial charge in [-0.05, 0) is 16.0 Å². The Bertz CT molecular complexity index is 1180. The van der Waals surface area contributed by atoms with Crippen LogP contribution >= 0.6 is 34.9 Å². The average Bonchev–Trinajstić information content (AvgIpc) is 3.40. The van der Waals surface area contributed by atoms with Crippen LogP contribution in [0.1, 0.15) is 5.69 Å². The number of hydrogen-bond donors (Lipinski definition) is 2. The van der Waals surface area contributed by atoms with E-state index in [4.69, 9.17) is 10.6 Å². The van der Waals surface area contributed by atoms with E-state index in [9.17, 15) is 19.5 Å². The Morgan fingerprint density at radius 1 is 1.47 bits per heavy atom. The molecular weight excluding hydrogens is 517 g/mol. The molecule has 2 atom stereocenters. The third kappa shape index (κ3) is 5.08. The fourth-order valence-corrected chi connectivity index (χ4v) is 6.06. The minimum Gasteiger partial charge on any atom is -0.543 e. The van der Waals surface area contributed by atoms with Crippen LogP contribution in [0.5, 0.6) is 0 Å². The molecule has 0 spiro atoms. The van der Waals surface area contributed by atoms with E-state index < -0.39 is 29.2 Å². The predicted molar refractivity (Wildman–Crippen MR) is 117 cm³/mol. The second-order valence-electron chi connectivity index (χ2n) is 6.67. The van der Waals surface area contributed by atoms with E-state index in [0.29, 0.717) is 16.5 Å². The molecule has 2 aliphatic rings. The van der Waals surface area contributed by atoms with Crippen LogP contribution in [0.3, 0.4) is 0 Å². The van der Waals surface area contributed by atoms with E-state index in [-0.39, 0.29) is 57.5 Å². The first-order chi connectivity index (χ1) is 15.8. The van der Waals surface area contributed by atoms with Gasteiger partial charge in [0.05, 0.1) is 11.7 Å². The normalized spacial score (nSPS) is 19.8. The van der Waals surface area contributed by atoms with Crippen LogP contribution in [0.25, 0.3) is 0 Å². The van der Waals surface area contributed by atoms with Crippen molar-refractivity contribution < 1.29 is 53.9 Å². The van der Waals surface area contributed by atoms with Crippen LogP contribution < -0.4 is 45.7 Å². The number of carbonyl (C=O) groups excluding carboxylic acids is 3. The predicted octanol–water partition coefficient (Wildman–Crippen LogP) is -5.20. The number of thiazole rings is 1. The van der Waals surface area contributed by atoms with Crippen molar-refractivity contribution in [3.8, 4) is 0 Å². The van der Waals surface area contributed by atoms with Crippen molar-refractivity contribution in [3.63, 3.8) is 0 Å². The molecule has 0 aromatic carbocycles. The molecule has 18 heteroatoms. The van der Waals surface area contributed by atoms with E-state index in [1.807, 2.05) is 0 Å². The van der Waals surface area contributed by atoms with Crippen LogP contribution in [0.4, 0.5) is 5.13 Å². The number of thioether (sulfide) groups is 2.